The van der Waals surface area contributed by atoms with E-state index in [0.29, 0.717) is 12.6 Å². The van der Waals surface area contributed by atoms with Gasteiger partial charge in [-0.3, -0.25) is 4.79 Å². The Morgan fingerprint density at radius 1 is 0.967 bits per heavy atom. The third kappa shape index (κ3) is 7.54. The molecule has 5 heteroatoms. The summed E-state index contributed by atoms with van der Waals surface area (Å²) in [5.74, 6) is 0.902. The highest BCUT2D eigenvalue weighted by Gasteiger charge is 2.12. The van der Waals surface area contributed by atoms with E-state index in [1.165, 1.54) is 5.56 Å². The summed E-state index contributed by atoms with van der Waals surface area (Å²) in [5, 5.41) is 6.82. The molecule has 30 heavy (non-hydrogen) atoms. The monoisotopic (exact) mass is 408 g/mol. The smallest absolute Gasteiger partial charge is 0.253 e. The van der Waals surface area contributed by atoms with Gasteiger partial charge in [0.05, 0.1) is 6.54 Å². The van der Waals surface area contributed by atoms with Crippen molar-refractivity contribution in [1.82, 2.24) is 15.5 Å². The van der Waals surface area contributed by atoms with E-state index in [4.69, 9.17) is 4.99 Å². The van der Waals surface area contributed by atoms with Crippen LogP contribution in [0.1, 0.15) is 55.6 Å². The van der Waals surface area contributed by atoms with Crippen molar-refractivity contribution in [3.63, 3.8) is 0 Å². The lowest BCUT2D eigenvalue weighted by molar-refractivity contribution is 0.0773. The fourth-order valence-electron chi connectivity index (χ4n) is 3.27. The highest BCUT2D eigenvalue weighted by molar-refractivity contribution is 5.94. The fraction of sp³-hybridized carbons (Fsp3) is 0.440. The molecule has 0 heterocycles. The van der Waals surface area contributed by atoms with Crippen molar-refractivity contribution >= 4 is 11.9 Å². The zero-order valence-electron chi connectivity index (χ0n) is 18.8. The van der Waals surface area contributed by atoms with Crippen LogP contribution >= 0.6 is 0 Å². The predicted octanol–water partition coefficient (Wildman–Crippen LogP) is 4.25. The van der Waals surface area contributed by atoms with E-state index in [0.717, 1.165) is 49.6 Å². The second kappa shape index (κ2) is 12.7. The molecule has 0 radical (unpaired) electrons. The Hall–Kier alpha value is -2.82. The molecule has 2 rings (SSSR count). The topological polar surface area (TPSA) is 56.7 Å². The molecule has 1 unspecified atom stereocenters. The van der Waals surface area contributed by atoms with Gasteiger partial charge in [0.25, 0.3) is 5.91 Å². The average molecular weight is 409 g/mol. The van der Waals surface area contributed by atoms with Crippen molar-refractivity contribution in [2.45, 2.75) is 53.1 Å². The number of guanidine groups is 1. The molecular formula is C25H36N4O. The average Bonchev–Trinajstić information content (AvgIpc) is 2.78. The molecular weight excluding hydrogens is 372 g/mol. The molecule has 0 fully saturated rings. The molecule has 0 spiro atoms. The Kier molecular flexibility index (Phi) is 9.92. The van der Waals surface area contributed by atoms with E-state index >= 15 is 0 Å². The summed E-state index contributed by atoms with van der Waals surface area (Å²) in [7, 11) is 0. The molecule has 2 N–H and O–H groups in total. The van der Waals surface area contributed by atoms with Gasteiger partial charge in [-0.05, 0) is 63.8 Å². The first-order valence-corrected chi connectivity index (χ1v) is 11.0. The minimum Gasteiger partial charge on any atom is -0.357 e. The first-order valence-electron chi connectivity index (χ1n) is 11.0. The minimum absolute atomic E-state index is 0.0808. The van der Waals surface area contributed by atoms with Crippen molar-refractivity contribution in [3.8, 4) is 0 Å². The Labute approximate surface area is 181 Å². The highest BCUT2D eigenvalue weighted by atomic mass is 16.2. The number of nitrogens with one attached hydrogen (secondary N) is 2. The number of amides is 1. The van der Waals surface area contributed by atoms with Gasteiger partial charge in [0, 0.05) is 31.2 Å². The molecule has 1 amide bonds. The summed E-state index contributed by atoms with van der Waals surface area (Å²) < 4.78 is 0. The van der Waals surface area contributed by atoms with Crippen LogP contribution < -0.4 is 10.6 Å². The van der Waals surface area contributed by atoms with Crippen LogP contribution in [0.15, 0.2) is 59.6 Å². The van der Waals surface area contributed by atoms with Gasteiger partial charge < -0.3 is 15.5 Å². The van der Waals surface area contributed by atoms with Crippen LogP contribution in [0.3, 0.4) is 0 Å². The van der Waals surface area contributed by atoms with Crippen molar-refractivity contribution in [2.75, 3.05) is 19.6 Å². The normalized spacial score (nSPS) is 12.3. The van der Waals surface area contributed by atoms with Crippen LogP contribution in [0.2, 0.25) is 0 Å². The zero-order valence-corrected chi connectivity index (χ0v) is 18.8. The molecule has 162 valence electrons. The van der Waals surface area contributed by atoms with Crippen LogP contribution in [-0.4, -0.2) is 42.4 Å². The van der Waals surface area contributed by atoms with Gasteiger partial charge >= 0.3 is 0 Å². The number of hydrogen-bond donors (Lipinski definition) is 2. The summed E-state index contributed by atoms with van der Waals surface area (Å²) in [4.78, 5) is 19.0. The van der Waals surface area contributed by atoms with E-state index in [-0.39, 0.29) is 5.91 Å². The Morgan fingerprint density at radius 2 is 1.63 bits per heavy atom. The van der Waals surface area contributed by atoms with E-state index in [1.807, 2.05) is 49.1 Å². The lowest BCUT2D eigenvalue weighted by Crippen LogP contribution is -2.42. The van der Waals surface area contributed by atoms with Crippen LogP contribution in [0.25, 0.3) is 0 Å². The van der Waals surface area contributed by atoms with Crippen LogP contribution in [0.4, 0.5) is 0 Å². The van der Waals surface area contributed by atoms with Crippen molar-refractivity contribution in [2.24, 2.45) is 4.99 Å². The maximum atomic E-state index is 12.4. The molecule has 0 aromatic heterocycles. The molecule has 0 aliphatic heterocycles. The molecule has 1 atom stereocenters. The Balaban J connectivity index is 1.92. The van der Waals surface area contributed by atoms with Crippen molar-refractivity contribution in [3.05, 3.63) is 71.3 Å². The number of aryl methyl sites for hydroxylation is 1. The quantitative estimate of drug-likeness (QED) is 0.457. The number of benzene rings is 2. The molecule has 2 aromatic carbocycles. The van der Waals surface area contributed by atoms with E-state index in [2.05, 4.69) is 48.7 Å². The summed E-state index contributed by atoms with van der Waals surface area (Å²) in [5.41, 5.74) is 3.17. The minimum atomic E-state index is 0.0808. The van der Waals surface area contributed by atoms with Gasteiger partial charge in [-0.25, -0.2) is 4.99 Å². The maximum absolute atomic E-state index is 12.4. The summed E-state index contributed by atoms with van der Waals surface area (Å²) in [6, 6.07) is 18.6. The number of carbonyl (C=O) groups excluding carboxylic acids is 1. The standard InChI is InChI=1S/C25H36N4O/c1-5-26-25(28-20(4)13-14-21-11-9-8-10-12-21)27-19-22-15-17-23(18-16-22)24(30)29(6-2)7-3/h8-12,15-18,20H,5-7,13-14,19H2,1-4H3,(H2,26,27,28). The molecule has 0 saturated carbocycles. The molecule has 0 aliphatic rings. The number of nitrogens with zero attached hydrogens (tertiary/aromatic N) is 2. The van der Waals surface area contributed by atoms with Crippen molar-refractivity contribution < 1.29 is 4.79 Å². The van der Waals surface area contributed by atoms with Gasteiger partial charge in [-0.15, -0.1) is 0 Å². The van der Waals surface area contributed by atoms with Gasteiger partial charge in [-0.1, -0.05) is 42.5 Å². The summed E-state index contributed by atoms with van der Waals surface area (Å²) >= 11 is 0. The molecule has 0 aliphatic carbocycles. The van der Waals surface area contributed by atoms with E-state index in [9.17, 15) is 4.79 Å². The predicted molar refractivity (Wildman–Crippen MR) is 126 cm³/mol. The van der Waals surface area contributed by atoms with Gasteiger partial charge in [0.2, 0.25) is 0 Å². The van der Waals surface area contributed by atoms with Crippen LogP contribution in [-0.2, 0) is 13.0 Å². The second-order valence-electron chi connectivity index (χ2n) is 7.44. The van der Waals surface area contributed by atoms with Gasteiger partial charge in [0.15, 0.2) is 5.96 Å². The van der Waals surface area contributed by atoms with Gasteiger partial charge in [0.1, 0.15) is 0 Å². The highest BCUT2D eigenvalue weighted by Crippen LogP contribution is 2.09. The number of aliphatic imine (C=N–C) groups is 1. The second-order valence-corrected chi connectivity index (χ2v) is 7.44. The third-order valence-corrected chi connectivity index (χ3v) is 5.11. The third-order valence-electron chi connectivity index (χ3n) is 5.11. The van der Waals surface area contributed by atoms with E-state index in [1.54, 1.807) is 0 Å². The Morgan fingerprint density at radius 3 is 2.23 bits per heavy atom. The lowest BCUT2D eigenvalue weighted by atomic mass is 10.1. The Bertz CT molecular complexity index is 783. The summed E-state index contributed by atoms with van der Waals surface area (Å²) in [6.07, 6.45) is 2.08. The zero-order chi connectivity index (χ0) is 21.8. The van der Waals surface area contributed by atoms with Gasteiger partial charge in [-0.2, -0.15) is 0 Å². The SMILES string of the molecule is CCNC(=NCc1ccc(C(=O)N(CC)CC)cc1)NC(C)CCc1ccccc1. The fourth-order valence-corrected chi connectivity index (χ4v) is 3.27. The molecule has 0 bridgehead atoms. The summed E-state index contributed by atoms with van der Waals surface area (Å²) in [6.45, 7) is 11.1. The van der Waals surface area contributed by atoms with Crippen LogP contribution in [0.5, 0.6) is 0 Å². The number of carbonyl (C=O) groups is 1. The first-order chi connectivity index (χ1) is 14.6. The van der Waals surface area contributed by atoms with Crippen molar-refractivity contribution in [1.29, 1.82) is 0 Å². The lowest BCUT2D eigenvalue weighted by Gasteiger charge is -2.19. The molecule has 5 nitrogen and oxygen atoms in total. The maximum Gasteiger partial charge on any atom is 0.253 e. The number of hydrogen-bond acceptors (Lipinski definition) is 2. The van der Waals surface area contributed by atoms with Crippen LogP contribution in [0, 0.1) is 0 Å². The van der Waals surface area contributed by atoms with E-state index < -0.39 is 0 Å². The number of rotatable bonds is 10. The molecule has 0 saturated heterocycles. The first kappa shape index (κ1) is 23.5. The molecule has 2 aromatic rings. The largest absolute Gasteiger partial charge is 0.357 e.